The maximum Gasteiger partial charge on any atom is 0.267 e. The number of carbonyl (C=O) groups excluding carboxylic acids is 2. The van der Waals surface area contributed by atoms with Crippen LogP contribution in [0, 0.1) is 0 Å². The van der Waals surface area contributed by atoms with Gasteiger partial charge in [0.2, 0.25) is 0 Å². The summed E-state index contributed by atoms with van der Waals surface area (Å²) in [5.74, 6) is -0.673. The molecule has 2 amide bonds. The number of nitrogens with zero attached hydrogens (tertiary/aromatic N) is 2. The van der Waals surface area contributed by atoms with Gasteiger partial charge in [0, 0.05) is 17.3 Å². The van der Waals surface area contributed by atoms with E-state index in [0.717, 1.165) is 32.7 Å². The number of anilines is 1. The molecular formula is C22H23ClN3O2+. The van der Waals surface area contributed by atoms with Crippen LogP contribution in [0.5, 0.6) is 0 Å². The van der Waals surface area contributed by atoms with Crippen molar-refractivity contribution < 1.29 is 14.5 Å². The van der Waals surface area contributed by atoms with Crippen LogP contribution in [0.3, 0.4) is 0 Å². The first-order valence-corrected chi connectivity index (χ1v) is 10.00. The van der Waals surface area contributed by atoms with Crippen LogP contribution in [-0.4, -0.2) is 49.4 Å². The van der Waals surface area contributed by atoms with Crippen LogP contribution in [-0.2, 0) is 4.79 Å². The number of benzene rings is 2. The molecule has 1 saturated heterocycles. The highest BCUT2D eigenvalue weighted by molar-refractivity contribution is 6.43. The van der Waals surface area contributed by atoms with Crippen molar-refractivity contribution in [3.05, 3.63) is 70.9 Å². The number of nitrogens with one attached hydrogen (secondary N) is 1. The Hall–Kier alpha value is -2.63. The zero-order chi connectivity index (χ0) is 19.7. The molecule has 0 radical (unpaired) electrons. The number of carbonyl (C=O) groups is 2. The molecule has 2 heterocycles. The molecule has 0 bridgehead atoms. The summed E-state index contributed by atoms with van der Waals surface area (Å²) in [6.07, 6.45) is 1.92. The summed E-state index contributed by atoms with van der Waals surface area (Å²) < 4.78 is 0. The third-order valence-corrected chi connectivity index (χ3v) is 5.81. The van der Waals surface area contributed by atoms with Crippen LogP contribution < -0.4 is 9.80 Å². The van der Waals surface area contributed by atoms with Crippen LogP contribution in [0.25, 0.3) is 5.57 Å². The number of amides is 2. The summed E-state index contributed by atoms with van der Waals surface area (Å²) in [6.45, 7) is 7.18. The molecular weight excluding hydrogens is 374 g/mol. The third kappa shape index (κ3) is 3.32. The van der Waals surface area contributed by atoms with Gasteiger partial charge < -0.3 is 9.80 Å². The maximum absolute atomic E-state index is 13.4. The number of piperazine rings is 1. The van der Waals surface area contributed by atoms with E-state index >= 15 is 0 Å². The highest BCUT2D eigenvalue weighted by Crippen LogP contribution is 2.35. The molecule has 1 fully saturated rings. The Morgan fingerprint density at radius 3 is 2.29 bits per heavy atom. The van der Waals surface area contributed by atoms with Crippen molar-refractivity contribution in [3.63, 3.8) is 0 Å². The Morgan fingerprint density at radius 1 is 0.964 bits per heavy atom. The Kier molecular flexibility index (Phi) is 5.20. The summed E-state index contributed by atoms with van der Waals surface area (Å²) in [4.78, 5) is 31.4. The number of imide groups is 1. The molecule has 144 valence electrons. The number of halogens is 1. The lowest BCUT2D eigenvalue weighted by Gasteiger charge is -2.33. The van der Waals surface area contributed by atoms with Gasteiger partial charge in [-0.15, -0.1) is 0 Å². The molecule has 5 nitrogen and oxygen atoms in total. The standard InChI is InChI=1S/C22H22ClN3O2/c1-2-24-11-13-25(14-12-24)15-18-16-7-3-4-8-17(16)21(27)26(22(18)28)20-10-6-5-9-19(20)23/h3-10,15H,2,11-14H2,1H3/p+1. The summed E-state index contributed by atoms with van der Waals surface area (Å²) >= 11 is 6.31. The van der Waals surface area contributed by atoms with Gasteiger partial charge in [-0.2, -0.15) is 0 Å². The number of hydrogen-bond donors (Lipinski definition) is 1. The van der Waals surface area contributed by atoms with Crippen molar-refractivity contribution in [2.24, 2.45) is 0 Å². The zero-order valence-electron chi connectivity index (χ0n) is 15.8. The van der Waals surface area contributed by atoms with Gasteiger partial charge in [0.25, 0.3) is 11.8 Å². The summed E-state index contributed by atoms with van der Waals surface area (Å²) in [5.41, 5.74) is 2.16. The van der Waals surface area contributed by atoms with Crippen molar-refractivity contribution in [2.75, 3.05) is 37.6 Å². The van der Waals surface area contributed by atoms with Crippen LogP contribution in [0.4, 0.5) is 5.69 Å². The van der Waals surface area contributed by atoms with Crippen molar-refractivity contribution in [2.45, 2.75) is 6.92 Å². The fourth-order valence-corrected chi connectivity index (χ4v) is 4.06. The van der Waals surface area contributed by atoms with E-state index in [-0.39, 0.29) is 11.8 Å². The first kappa shape index (κ1) is 18.7. The molecule has 1 N–H and O–H groups in total. The second-order valence-corrected chi connectivity index (χ2v) is 7.53. The fourth-order valence-electron chi connectivity index (χ4n) is 3.83. The predicted molar refractivity (Wildman–Crippen MR) is 110 cm³/mol. The number of rotatable bonds is 3. The van der Waals surface area contributed by atoms with E-state index in [2.05, 4.69) is 11.8 Å². The topological polar surface area (TPSA) is 45.1 Å². The molecule has 0 unspecified atom stereocenters. The lowest BCUT2D eigenvalue weighted by atomic mass is 9.93. The van der Waals surface area contributed by atoms with Gasteiger partial charge in [-0.3, -0.25) is 9.59 Å². The van der Waals surface area contributed by atoms with E-state index in [0.29, 0.717) is 27.4 Å². The smallest absolute Gasteiger partial charge is 0.267 e. The Labute approximate surface area is 169 Å². The van der Waals surface area contributed by atoms with E-state index in [1.165, 1.54) is 4.90 Å². The van der Waals surface area contributed by atoms with Crippen molar-refractivity contribution in [1.82, 2.24) is 4.90 Å². The average Bonchev–Trinajstić information content (AvgIpc) is 2.73. The number of fused-ring (bicyclic) bond motifs is 1. The molecule has 6 heteroatoms. The monoisotopic (exact) mass is 396 g/mol. The molecule has 28 heavy (non-hydrogen) atoms. The van der Waals surface area contributed by atoms with Gasteiger partial charge in [-0.1, -0.05) is 41.9 Å². The zero-order valence-corrected chi connectivity index (χ0v) is 16.6. The lowest BCUT2D eigenvalue weighted by Crippen LogP contribution is -3.14. The Balaban J connectivity index is 1.76. The normalized spacial score (nSPS) is 19.3. The summed E-state index contributed by atoms with van der Waals surface area (Å²) in [6, 6.07) is 14.2. The van der Waals surface area contributed by atoms with Gasteiger partial charge in [0.1, 0.15) is 0 Å². The van der Waals surface area contributed by atoms with Crippen molar-refractivity contribution in [3.8, 4) is 0 Å². The molecule has 0 spiro atoms. The number of likely N-dealkylation sites (N-methyl/N-ethyl adjacent to an activating group) is 1. The maximum atomic E-state index is 13.4. The van der Waals surface area contributed by atoms with Crippen LogP contribution >= 0.6 is 11.6 Å². The first-order chi connectivity index (χ1) is 13.6. The Morgan fingerprint density at radius 2 is 1.61 bits per heavy atom. The third-order valence-electron chi connectivity index (χ3n) is 5.49. The molecule has 2 aromatic carbocycles. The van der Waals surface area contributed by atoms with E-state index in [9.17, 15) is 9.59 Å². The summed E-state index contributed by atoms with van der Waals surface area (Å²) in [7, 11) is 0. The minimum atomic E-state index is -0.342. The number of quaternary nitrogens is 1. The SMILES string of the molecule is CC[NH+]1CCN(C=C2C(=O)N(c3ccccc3Cl)C(=O)c3ccccc32)CC1. The largest absolute Gasteiger partial charge is 0.365 e. The van der Waals surface area contributed by atoms with Gasteiger partial charge in [0.05, 0.1) is 49.0 Å². The molecule has 2 aromatic rings. The molecule has 0 atom stereocenters. The summed E-state index contributed by atoms with van der Waals surface area (Å²) in [5, 5.41) is 0.378. The molecule has 0 aromatic heterocycles. The molecule has 4 rings (SSSR count). The first-order valence-electron chi connectivity index (χ1n) is 9.62. The van der Waals surface area contributed by atoms with Gasteiger partial charge in [-0.25, -0.2) is 4.90 Å². The van der Waals surface area contributed by atoms with Crippen molar-refractivity contribution in [1.29, 1.82) is 0 Å². The van der Waals surface area contributed by atoms with Gasteiger partial charge in [-0.05, 0) is 25.1 Å². The molecule has 2 aliphatic rings. The van der Waals surface area contributed by atoms with E-state index in [4.69, 9.17) is 11.6 Å². The van der Waals surface area contributed by atoms with Gasteiger partial charge >= 0.3 is 0 Å². The number of para-hydroxylation sites is 1. The van der Waals surface area contributed by atoms with Crippen LogP contribution in [0.2, 0.25) is 5.02 Å². The highest BCUT2D eigenvalue weighted by atomic mass is 35.5. The Bertz CT molecular complexity index is 948. The fraction of sp³-hybridized carbons (Fsp3) is 0.273. The average molecular weight is 397 g/mol. The van der Waals surface area contributed by atoms with Gasteiger partial charge in [0.15, 0.2) is 0 Å². The van der Waals surface area contributed by atoms with E-state index in [1.807, 2.05) is 24.4 Å². The molecule has 0 saturated carbocycles. The lowest BCUT2D eigenvalue weighted by molar-refractivity contribution is -0.902. The quantitative estimate of drug-likeness (QED) is 0.638. The van der Waals surface area contributed by atoms with Crippen molar-refractivity contribution >= 4 is 34.7 Å². The molecule has 2 aliphatic heterocycles. The van der Waals surface area contributed by atoms with Crippen LogP contribution in [0.1, 0.15) is 22.8 Å². The van der Waals surface area contributed by atoms with E-state index < -0.39 is 0 Å². The predicted octanol–water partition coefficient (Wildman–Crippen LogP) is 2.09. The van der Waals surface area contributed by atoms with E-state index in [1.54, 1.807) is 35.2 Å². The minimum absolute atomic E-state index is 0.331. The minimum Gasteiger partial charge on any atom is -0.365 e. The number of hydrogen-bond acceptors (Lipinski definition) is 3. The van der Waals surface area contributed by atoms with Crippen LogP contribution in [0.15, 0.2) is 54.7 Å². The highest BCUT2D eigenvalue weighted by Gasteiger charge is 2.37. The second kappa shape index (κ2) is 7.78. The molecule has 0 aliphatic carbocycles. The second-order valence-electron chi connectivity index (χ2n) is 7.13.